The molecule has 0 aliphatic carbocycles. The smallest absolute Gasteiger partial charge is 0.348 e. The van der Waals surface area contributed by atoms with Gasteiger partial charge in [0.15, 0.2) is 0 Å². The highest BCUT2D eigenvalue weighted by atomic mass is 32.2. The lowest BCUT2D eigenvalue weighted by Gasteiger charge is -2.12. The van der Waals surface area contributed by atoms with Gasteiger partial charge in [-0.3, -0.25) is 4.18 Å². The Balaban J connectivity index is 2.54. The highest BCUT2D eigenvalue weighted by Crippen LogP contribution is 2.20. The van der Waals surface area contributed by atoms with Gasteiger partial charge in [-0.25, -0.2) is 4.79 Å². The Kier molecular flexibility index (Phi) is 6.60. The van der Waals surface area contributed by atoms with Gasteiger partial charge in [-0.2, -0.15) is 8.42 Å². The fourth-order valence-corrected chi connectivity index (χ4v) is 3.11. The molecule has 0 bridgehead atoms. The number of esters is 1. The summed E-state index contributed by atoms with van der Waals surface area (Å²) in [6.07, 6.45) is 1.05. The van der Waals surface area contributed by atoms with Crippen molar-refractivity contribution in [1.29, 1.82) is 0 Å². The summed E-state index contributed by atoms with van der Waals surface area (Å²) in [5, 5.41) is 9.07. The van der Waals surface area contributed by atoms with E-state index in [1.54, 1.807) is 19.1 Å². The number of rotatable bonds is 8. The quantitative estimate of drug-likeness (QED) is 0.571. The Morgan fingerprint density at radius 2 is 2.15 bits per heavy atom. The summed E-state index contributed by atoms with van der Waals surface area (Å²) in [7, 11) is -3.59. The van der Waals surface area contributed by atoms with Crippen LogP contribution in [0.1, 0.15) is 27.9 Å². The molecule has 0 aromatic carbocycles. The molecule has 20 heavy (non-hydrogen) atoms. The van der Waals surface area contributed by atoms with E-state index in [0.29, 0.717) is 24.3 Å². The third-order valence-electron chi connectivity index (χ3n) is 2.37. The van der Waals surface area contributed by atoms with E-state index in [0.717, 1.165) is 11.1 Å². The SMILES string of the molecule is CCOC(=O)c1ccc(CCC(CO)OS(C)(=O)=O)s1. The van der Waals surface area contributed by atoms with Gasteiger partial charge in [0, 0.05) is 4.88 Å². The molecule has 1 N–H and O–H groups in total. The van der Waals surface area contributed by atoms with Crippen molar-refractivity contribution < 1.29 is 27.2 Å². The molecule has 0 spiro atoms. The van der Waals surface area contributed by atoms with E-state index in [1.165, 1.54) is 11.3 Å². The van der Waals surface area contributed by atoms with Gasteiger partial charge >= 0.3 is 5.97 Å². The van der Waals surface area contributed by atoms with Gasteiger partial charge in [0.1, 0.15) is 11.0 Å². The van der Waals surface area contributed by atoms with Crippen LogP contribution < -0.4 is 0 Å². The molecule has 0 saturated heterocycles. The molecule has 114 valence electrons. The first kappa shape index (κ1) is 17.1. The lowest BCUT2D eigenvalue weighted by molar-refractivity contribution is 0.0532. The molecule has 0 aliphatic rings. The van der Waals surface area contributed by atoms with Crippen molar-refractivity contribution in [2.45, 2.75) is 25.9 Å². The molecule has 6 nitrogen and oxygen atoms in total. The van der Waals surface area contributed by atoms with E-state index in [-0.39, 0.29) is 12.6 Å². The molecule has 1 rings (SSSR count). The lowest BCUT2D eigenvalue weighted by Crippen LogP contribution is -2.22. The fraction of sp³-hybridized carbons (Fsp3) is 0.583. The van der Waals surface area contributed by atoms with Crippen LogP contribution in [0.4, 0.5) is 0 Å². The molecule has 0 amide bonds. The number of hydrogen-bond acceptors (Lipinski definition) is 7. The van der Waals surface area contributed by atoms with Crippen molar-refractivity contribution >= 4 is 27.4 Å². The Morgan fingerprint density at radius 1 is 1.45 bits per heavy atom. The second kappa shape index (κ2) is 7.72. The molecule has 1 unspecified atom stereocenters. The topological polar surface area (TPSA) is 89.9 Å². The Labute approximate surface area is 122 Å². The average molecular weight is 322 g/mol. The van der Waals surface area contributed by atoms with Crippen LogP contribution in [-0.2, 0) is 25.5 Å². The summed E-state index contributed by atoms with van der Waals surface area (Å²) in [5.41, 5.74) is 0. The summed E-state index contributed by atoms with van der Waals surface area (Å²) in [6, 6.07) is 3.45. The summed E-state index contributed by atoms with van der Waals surface area (Å²) in [4.78, 5) is 12.9. The lowest BCUT2D eigenvalue weighted by atomic mass is 10.2. The van der Waals surface area contributed by atoms with Gasteiger partial charge in [-0.1, -0.05) is 0 Å². The maximum Gasteiger partial charge on any atom is 0.348 e. The molecular formula is C12H18O6S2. The van der Waals surface area contributed by atoms with Crippen LogP contribution in [0, 0.1) is 0 Å². The van der Waals surface area contributed by atoms with E-state index in [2.05, 4.69) is 0 Å². The van der Waals surface area contributed by atoms with Crippen molar-refractivity contribution in [3.05, 3.63) is 21.9 Å². The average Bonchev–Trinajstić information content (AvgIpc) is 2.82. The number of aryl methyl sites for hydroxylation is 1. The third kappa shape index (κ3) is 6.00. The van der Waals surface area contributed by atoms with Gasteiger partial charge in [0.05, 0.1) is 19.5 Å². The number of thiophene rings is 1. The van der Waals surface area contributed by atoms with Crippen LogP contribution in [0.3, 0.4) is 0 Å². The van der Waals surface area contributed by atoms with E-state index >= 15 is 0 Å². The normalized spacial score (nSPS) is 13.2. The third-order valence-corrected chi connectivity index (χ3v) is 4.11. The number of aliphatic hydroxyl groups excluding tert-OH is 1. The Hall–Kier alpha value is -0.960. The summed E-state index contributed by atoms with van der Waals surface area (Å²) >= 11 is 1.29. The van der Waals surface area contributed by atoms with E-state index in [1.807, 2.05) is 0 Å². The zero-order chi connectivity index (χ0) is 15.2. The van der Waals surface area contributed by atoms with Crippen molar-refractivity contribution in [2.24, 2.45) is 0 Å². The zero-order valence-electron chi connectivity index (χ0n) is 11.4. The summed E-state index contributed by atoms with van der Waals surface area (Å²) < 4.78 is 31.6. The van der Waals surface area contributed by atoms with Crippen molar-refractivity contribution in [1.82, 2.24) is 0 Å². The maximum atomic E-state index is 11.5. The maximum absolute atomic E-state index is 11.5. The van der Waals surface area contributed by atoms with Gasteiger partial charge in [0.25, 0.3) is 10.1 Å². The molecule has 0 radical (unpaired) electrons. The second-order valence-corrected chi connectivity index (χ2v) is 6.90. The van der Waals surface area contributed by atoms with Crippen LogP contribution in [0.5, 0.6) is 0 Å². The predicted octanol–water partition coefficient (Wildman–Crippen LogP) is 1.19. The van der Waals surface area contributed by atoms with Gasteiger partial charge < -0.3 is 9.84 Å². The molecule has 8 heteroatoms. The molecule has 0 saturated carbocycles. The van der Waals surface area contributed by atoms with Crippen LogP contribution >= 0.6 is 11.3 Å². The van der Waals surface area contributed by atoms with Crippen molar-refractivity contribution in [3.63, 3.8) is 0 Å². The molecule has 0 aliphatic heterocycles. The van der Waals surface area contributed by atoms with Gasteiger partial charge in [0.2, 0.25) is 0 Å². The highest BCUT2D eigenvalue weighted by molar-refractivity contribution is 7.86. The van der Waals surface area contributed by atoms with Gasteiger partial charge in [-0.15, -0.1) is 11.3 Å². The minimum atomic E-state index is -3.59. The van der Waals surface area contributed by atoms with Crippen LogP contribution in [-0.4, -0.2) is 45.1 Å². The Bertz CT molecular complexity index is 534. The first-order valence-electron chi connectivity index (χ1n) is 6.10. The first-order chi connectivity index (χ1) is 9.35. The second-order valence-electron chi connectivity index (χ2n) is 4.13. The number of ether oxygens (including phenoxy) is 1. The summed E-state index contributed by atoms with van der Waals surface area (Å²) in [5.74, 6) is -0.366. The van der Waals surface area contributed by atoms with Crippen molar-refractivity contribution in [3.8, 4) is 0 Å². The molecule has 1 heterocycles. The van der Waals surface area contributed by atoms with E-state index in [4.69, 9.17) is 14.0 Å². The first-order valence-corrected chi connectivity index (χ1v) is 8.74. The van der Waals surface area contributed by atoms with Crippen LogP contribution in [0.2, 0.25) is 0 Å². The van der Waals surface area contributed by atoms with Crippen LogP contribution in [0.25, 0.3) is 0 Å². The number of hydrogen-bond donors (Lipinski definition) is 1. The standard InChI is InChI=1S/C12H18O6S2/c1-3-17-12(14)11-7-6-10(19-11)5-4-9(8-13)18-20(2,15)16/h6-7,9,13H,3-5,8H2,1-2H3. The van der Waals surface area contributed by atoms with E-state index in [9.17, 15) is 13.2 Å². The highest BCUT2D eigenvalue weighted by Gasteiger charge is 2.16. The number of carbonyl (C=O) groups excluding carboxylic acids is 1. The van der Waals surface area contributed by atoms with Crippen LogP contribution in [0.15, 0.2) is 12.1 Å². The van der Waals surface area contributed by atoms with Crippen molar-refractivity contribution in [2.75, 3.05) is 19.5 Å². The minimum Gasteiger partial charge on any atom is -0.462 e. The molecule has 1 atom stereocenters. The number of aliphatic hydroxyl groups is 1. The van der Waals surface area contributed by atoms with E-state index < -0.39 is 16.2 Å². The fourth-order valence-electron chi connectivity index (χ4n) is 1.54. The predicted molar refractivity (Wildman–Crippen MR) is 75.4 cm³/mol. The molecule has 1 aromatic heterocycles. The molecule has 0 fully saturated rings. The largest absolute Gasteiger partial charge is 0.462 e. The summed E-state index contributed by atoms with van der Waals surface area (Å²) in [6.45, 7) is 1.69. The van der Waals surface area contributed by atoms with Gasteiger partial charge in [-0.05, 0) is 31.9 Å². The minimum absolute atomic E-state index is 0.320. The number of carbonyl (C=O) groups is 1. The molecule has 1 aromatic rings. The monoisotopic (exact) mass is 322 g/mol. The Morgan fingerprint density at radius 3 is 2.70 bits per heavy atom. The molecular weight excluding hydrogens is 304 g/mol. The zero-order valence-corrected chi connectivity index (χ0v) is 13.0.